The number of aliphatic hydroxyl groups excluding tert-OH is 2. The van der Waals surface area contributed by atoms with Gasteiger partial charge in [0.2, 0.25) is 0 Å². The van der Waals surface area contributed by atoms with Crippen LogP contribution in [0.25, 0.3) is 0 Å². The molecule has 2 rings (SSSR count). The molecule has 2 saturated heterocycles. The van der Waals surface area contributed by atoms with Crippen molar-refractivity contribution < 1.29 is 29.6 Å². The predicted molar refractivity (Wildman–Crippen MR) is 97.3 cm³/mol. The van der Waals surface area contributed by atoms with E-state index in [-0.39, 0.29) is 43.4 Å². The molecule has 2 heterocycles. The van der Waals surface area contributed by atoms with Gasteiger partial charge in [-0.05, 0) is 26.2 Å². The van der Waals surface area contributed by atoms with Crippen molar-refractivity contribution in [2.75, 3.05) is 13.2 Å². The summed E-state index contributed by atoms with van der Waals surface area (Å²) < 4.78 is 11.4. The van der Waals surface area contributed by atoms with Crippen LogP contribution >= 0.6 is 0 Å². The normalized spacial score (nSPS) is 41.0. The predicted octanol–water partition coefficient (Wildman–Crippen LogP) is 1.67. The molecule has 0 amide bonds. The fraction of sp³-hybridized carbons (Fsp3) is 0.850. The van der Waals surface area contributed by atoms with Gasteiger partial charge in [0, 0.05) is 18.3 Å². The number of epoxide rings is 1. The maximum Gasteiger partial charge on any atom is 0.167 e. The molecule has 2 unspecified atom stereocenters. The Labute approximate surface area is 156 Å². The van der Waals surface area contributed by atoms with E-state index in [1.807, 2.05) is 26.8 Å². The van der Waals surface area contributed by atoms with E-state index >= 15 is 0 Å². The summed E-state index contributed by atoms with van der Waals surface area (Å²) in [7, 11) is 0. The Bertz CT molecular complexity index is 534. The highest BCUT2D eigenvalue weighted by atomic mass is 16.6. The van der Waals surface area contributed by atoms with E-state index in [0.717, 1.165) is 0 Å². The molecule has 6 heteroatoms. The maximum absolute atomic E-state index is 13.0. The van der Waals surface area contributed by atoms with Gasteiger partial charge in [-0.3, -0.25) is 4.79 Å². The molecule has 0 aliphatic carbocycles. The summed E-state index contributed by atoms with van der Waals surface area (Å²) in [5, 5.41) is 30.4. The number of Topliss-reactive ketones (excluding diaryl/α,β-unsaturated/α-hetero) is 1. The quantitative estimate of drug-likeness (QED) is 0.444. The van der Waals surface area contributed by atoms with Crippen LogP contribution in [0.5, 0.6) is 0 Å². The third-order valence-corrected chi connectivity index (χ3v) is 6.37. The van der Waals surface area contributed by atoms with Crippen LogP contribution in [0, 0.1) is 23.7 Å². The second kappa shape index (κ2) is 8.07. The topological polar surface area (TPSA) is 99.5 Å². The Morgan fingerprint density at radius 2 is 2.04 bits per heavy atom. The summed E-state index contributed by atoms with van der Waals surface area (Å²) in [5.74, 6) is -2.95. The zero-order chi connectivity index (χ0) is 19.7. The molecule has 0 aromatic carbocycles. The number of ether oxygens (including phenoxy) is 2. The lowest BCUT2D eigenvalue weighted by Gasteiger charge is -2.40. The summed E-state index contributed by atoms with van der Waals surface area (Å²) in [4.78, 5) is 13.0. The average molecular weight is 370 g/mol. The number of ketones is 1. The highest BCUT2D eigenvalue weighted by Gasteiger charge is 2.60. The van der Waals surface area contributed by atoms with Gasteiger partial charge in [-0.1, -0.05) is 32.9 Å². The second-order valence-electron chi connectivity index (χ2n) is 8.08. The van der Waals surface area contributed by atoms with Crippen LogP contribution in [0.2, 0.25) is 0 Å². The zero-order valence-electron chi connectivity index (χ0n) is 16.5. The molecule has 0 aromatic rings. The van der Waals surface area contributed by atoms with Gasteiger partial charge < -0.3 is 24.8 Å². The smallest absolute Gasteiger partial charge is 0.167 e. The highest BCUT2D eigenvalue weighted by molar-refractivity contribution is 5.84. The molecule has 26 heavy (non-hydrogen) atoms. The van der Waals surface area contributed by atoms with Gasteiger partial charge in [0.05, 0.1) is 36.9 Å². The van der Waals surface area contributed by atoms with E-state index < -0.39 is 29.3 Å². The molecular weight excluding hydrogens is 336 g/mol. The molecule has 8 atom stereocenters. The summed E-state index contributed by atoms with van der Waals surface area (Å²) in [6, 6.07) is 0. The standard InChI is InChI=1S/C20H34O6/c1-6-8-12(3)18-19(5,26-18)13(4)14(10-21)17(23)15-11-25-20(24,7-2)9-16(15)22/h6,8,12-16,18,21-22,24H,7,9-11H2,1-5H3/b8-6-/t12-,13-,14+,15-,16?,18+,19?,20+/m0/s1. The number of carbonyl (C=O) groups excluding carboxylic acids is 1. The van der Waals surface area contributed by atoms with Crippen LogP contribution in [-0.4, -0.2) is 57.9 Å². The van der Waals surface area contributed by atoms with Crippen LogP contribution < -0.4 is 0 Å². The number of hydrogen-bond acceptors (Lipinski definition) is 6. The summed E-state index contributed by atoms with van der Waals surface area (Å²) >= 11 is 0. The Morgan fingerprint density at radius 3 is 2.54 bits per heavy atom. The first kappa shape index (κ1) is 21.5. The van der Waals surface area contributed by atoms with Gasteiger partial charge in [-0.25, -0.2) is 0 Å². The van der Waals surface area contributed by atoms with Crippen molar-refractivity contribution in [1.29, 1.82) is 0 Å². The molecule has 3 N–H and O–H groups in total. The summed E-state index contributed by atoms with van der Waals surface area (Å²) in [6.45, 7) is 9.35. The average Bonchev–Trinajstić information content (AvgIpc) is 3.29. The largest absolute Gasteiger partial charge is 0.396 e. The van der Waals surface area contributed by atoms with Crippen LogP contribution in [0.4, 0.5) is 0 Å². The van der Waals surface area contributed by atoms with Crippen LogP contribution in [0.1, 0.15) is 47.5 Å². The van der Waals surface area contributed by atoms with Crippen molar-refractivity contribution in [2.24, 2.45) is 23.7 Å². The van der Waals surface area contributed by atoms with Gasteiger partial charge in [0.25, 0.3) is 0 Å². The third kappa shape index (κ3) is 4.04. The molecule has 0 saturated carbocycles. The van der Waals surface area contributed by atoms with Crippen molar-refractivity contribution in [3.05, 3.63) is 12.2 Å². The molecule has 6 nitrogen and oxygen atoms in total. The third-order valence-electron chi connectivity index (χ3n) is 6.37. The minimum Gasteiger partial charge on any atom is -0.396 e. The Morgan fingerprint density at radius 1 is 1.38 bits per heavy atom. The first-order chi connectivity index (χ1) is 12.1. The first-order valence-electron chi connectivity index (χ1n) is 9.63. The van der Waals surface area contributed by atoms with Crippen LogP contribution in [-0.2, 0) is 14.3 Å². The van der Waals surface area contributed by atoms with Gasteiger partial charge >= 0.3 is 0 Å². The highest BCUT2D eigenvalue weighted by Crippen LogP contribution is 2.50. The lowest BCUT2D eigenvalue weighted by Crippen LogP contribution is -2.51. The van der Waals surface area contributed by atoms with Crippen LogP contribution in [0.15, 0.2) is 12.2 Å². The molecule has 2 fully saturated rings. The fourth-order valence-corrected chi connectivity index (χ4v) is 4.21. The maximum atomic E-state index is 13.0. The Kier molecular flexibility index (Phi) is 6.67. The number of aliphatic hydroxyl groups is 3. The number of hydrogen-bond donors (Lipinski definition) is 3. The molecule has 0 bridgehead atoms. The van der Waals surface area contributed by atoms with Gasteiger partial charge in [-0.15, -0.1) is 0 Å². The summed E-state index contributed by atoms with van der Waals surface area (Å²) in [6.07, 6.45) is 3.43. The number of allylic oxidation sites excluding steroid dienone is 1. The fourth-order valence-electron chi connectivity index (χ4n) is 4.21. The van der Waals surface area contributed by atoms with E-state index in [1.165, 1.54) is 0 Å². The molecule has 150 valence electrons. The van der Waals surface area contributed by atoms with E-state index in [1.54, 1.807) is 6.92 Å². The van der Waals surface area contributed by atoms with E-state index in [0.29, 0.717) is 6.42 Å². The van der Waals surface area contributed by atoms with Crippen molar-refractivity contribution in [3.8, 4) is 0 Å². The van der Waals surface area contributed by atoms with Crippen molar-refractivity contribution in [2.45, 2.75) is 71.1 Å². The number of carbonyl (C=O) groups is 1. The second-order valence-corrected chi connectivity index (χ2v) is 8.08. The van der Waals surface area contributed by atoms with E-state index in [2.05, 4.69) is 13.0 Å². The zero-order valence-corrected chi connectivity index (χ0v) is 16.5. The molecule has 2 aliphatic heterocycles. The molecular formula is C20H34O6. The van der Waals surface area contributed by atoms with E-state index in [9.17, 15) is 20.1 Å². The monoisotopic (exact) mass is 370 g/mol. The first-order valence-corrected chi connectivity index (χ1v) is 9.63. The Hall–Kier alpha value is -0.790. The van der Waals surface area contributed by atoms with Gasteiger partial charge in [0.15, 0.2) is 5.79 Å². The molecule has 0 aromatic heterocycles. The lowest BCUT2D eigenvalue weighted by molar-refractivity contribution is -0.258. The SMILES string of the molecule is C/C=C\[C@H](C)[C@H]1OC1(C)[C@@H](C)[C@@H](CO)C(=O)[C@H]1CO[C@](O)(CC)CC1O. The van der Waals surface area contributed by atoms with Gasteiger partial charge in [-0.2, -0.15) is 0 Å². The van der Waals surface area contributed by atoms with Gasteiger partial charge in [0.1, 0.15) is 5.78 Å². The minimum atomic E-state index is -1.38. The lowest BCUT2D eigenvalue weighted by atomic mass is 9.73. The number of rotatable bonds is 8. The molecule has 0 radical (unpaired) electrons. The molecule has 2 aliphatic rings. The van der Waals surface area contributed by atoms with Crippen molar-refractivity contribution >= 4 is 5.78 Å². The summed E-state index contributed by atoms with van der Waals surface area (Å²) in [5.41, 5.74) is -0.480. The molecule has 0 spiro atoms. The van der Waals surface area contributed by atoms with Crippen molar-refractivity contribution in [3.63, 3.8) is 0 Å². The minimum absolute atomic E-state index is 0.00115. The van der Waals surface area contributed by atoms with Crippen LogP contribution in [0.3, 0.4) is 0 Å². The van der Waals surface area contributed by atoms with E-state index in [4.69, 9.17) is 9.47 Å². The Balaban J connectivity index is 2.07. The van der Waals surface area contributed by atoms with Crippen molar-refractivity contribution in [1.82, 2.24) is 0 Å².